The van der Waals surface area contributed by atoms with Crippen LogP contribution < -0.4 is 5.32 Å². The molecule has 0 aliphatic rings. The Morgan fingerprint density at radius 3 is 1.77 bits per heavy atom. The predicted octanol–water partition coefficient (Wildman–Crippen LogP) is 5.41. The van der Waals surface area contributed by atoms with Crippen LogP contribution in [0.25, 0.3) is 0 Å². The normalized spacial score (nSPS) is 12.7. The third-order valence-electron chi connectivity index (χ3n) is 5.63. The van der Waals surface area contributed by atoms with E-state index in [9.17, 15) is 9.59 Å². The summed E-state index contributed by atoms with van der Waals surface area (Å²) in [5.74, 6) is 0.0218. The fourth-order valence-corrected chi connectivity index (χ4v) is 3.47. The van der Waals surface area contributed by atoms with Crippen LogP contribution in [-0.2, 0) is 22.6 Å². The lowest BCUT2D eigenvalue weighted by Crippen LogP contribution is -2.27. The van der Waals surface area contributed by atoms with Gasteiger partial charge in [0.25, 0.3) is 0 Å². The molecule has 0 bridgehead atoms. The van der Waals surface area contributed by atoms with Crippen LogP contribution in [0.2, 0.25) is 0 Å². The number of hydrogen-bond donors (Lipinski definition) is 1. The summed E-state index contributed by atoms with van der Waals surface area (Å²) < 4.78 is 0. The van der Waals surface area contributed by atoms with E-state index in [2.05, 4.69) is 5.32 Å². The van der Waals surface area contributed by atoms with Crippen molar-refractivity contribution in [2.45, 2.75) is 45.1 Å². The molecule has 0 aliphatic carbocycles. The highest BCUT2D eigenvalue weighted by Crippen LogP contribution is 2.19. The lowest BCUT2D eigenvalue weighted by molar-refractivity contribution is -0.122. The first-order chi connectivity index (χ1) is 14.5. The Morgan fingerprint density at radius 1 is 0.700 bits per heavy atom. The van der Waals surface area contributed by atoms with E-state index in [-0.39, 0.29) is 23.5 Å². The van der Waals surface area contributed by atoms with E-state index in [1.54, 1.807) is 0 Å². The summed E-state index contributed by atoms with van der Waals surface area (Å²) in [4.78, 5) is 24.9. The van der Waals surface area contributed by atoms with Crippen molar-refractivity contribution in [1.82, 2.24) is 5.32 Å². The van der Waals surface area contributed by atoms with E-state index in [1.807, 2.05) is 98.8 Å². The van der Waals surface area contributed by atoms with Crippen LogP contribution in [-0.4, -0.2) is 11.7 Å². The zero-order chi connectivity index (χ0) is 21.3. The largest absolute Gasteiger partial charge is 0.352 e. The molecule has 0 fully saturated rings. The van der Waals surface area contributed by atoms with Crippen LogP contribution in [0, 0.1) is 0 Å². The Bertz CT molecular complexity index is 869. The van der Waals surface area contributed by atoms with Gasteiger partial charge in [0.2, 0.25) is 5.91 Å². The fourth-order valence-electron chi connectivity index (χ4n) is 3.47. The highest BCUT2D eigenvalue weighted by atomic mass is 16.1. The first kappa shape index (κ1) is 21.5. The van der Waals surface area contributed by atoms with Gasteiger partial charge < -0.3 is 5.32 Å². The van der Waals surface area contributed by atoms with Gasteiger partial charge in [-0.05, 0) is 35.6 Å². The first-order valence-electron chi connectivity index (χ1n) is 10.5. The molecule has 0 aliphatic heterocycles. The topological polar surface area (TPSA) is 46.2 Å². The number of amides is 1. The molecule has 0 radical (unpaired) electrons. The van der Waals surface area contributed by atoms with Crippen LogP contribution >= 0.6 is 0 Å². The van der Waals surface area contributed by atoms with Crippen LogP contribution in [0.3, 0.4) is 0 Å². The number of nitrogens with one attached hydrogen (secondary N) is 1. The summed E-state index contributed by atoms with van der Waals surface area (Å²) in [5, 5.41) is 3.01. The molecule has 3 heteroatoms. The molecule has 0 spiro atoms. The average Bonchev–Trinajstić information content (AvgIpc) is 2.81. The number of Topliss-reactive ketones (excluding diaryl/α,β-unsaturated/α-hetero) is 1. The van der Waals surface area contributed by atoms with Gasteiger partial charge in [-0.25, -0.2) is 0 Å². The van der Waals surface area contributed by atoms with Gasteiger partial charge in [-0.1, -0.05) is 91.9 Å². The number of aryl methyl sites for hydroxylation is 1. The summed E-state index contributed by atoms with van der Waals surface area (Å²) >= 11 is 0. The lowest BCUT2D eigenvalue weighted by Gasteiger charge is -2.13. The number of hydrogen-bond acceptors (Lipinski definition) is 2. The Morgan fingerprint density at radius 2 is 1.20 bits per heavy atom. The minimum absolute atomic E-state index is 0.0192. The maximum Gasteiger partial charge on any atom is 0.227 e. The molecule has 0 saturated heterocycles. The Balaban J connectivity index is 1.47. The second-order valence-corrected chi connectivity index (χ2v) is 7.77. The Hall–Kier alpha value is -3.20. The van der Waals surface area contributed by atoms with Crippen molar-refractivity contribution in [3.05, 3.63) is 107 Å². The van der Waals surface area contributed by atoms with Gasteiger partial charge in [0.1, 0.15) is 5.78 Å². The van der Waals surface area contributed by atoms with Crippen molar-refractivity contribution in [2.24, 2.45) is 0 Å². The minimum atomic E-state index is -0.178. The van der Waals surface area contributed by atoms with E-state index >= 15 is 0 Å². The molecular weight excluding hydrogens is 370 g/mol. The van der Waals surface area contributed by atoms with Gasteiger partial charge in [-0.2, -0.15) is 0 Å². The van der Waals surface area contributed by atoms with Crippen LogP contribution in [0.5, 0.6) is 0 Å². The van der Waals surface area contributed by atoms with Crippen molar-refractivity contribution in [2.75, 3.05) is 0 Å². The summed E-state index contributed by atoms with van der Waals surface area (Å²) in [7, 11) is 0. The molecule has 3 nitrogen and oxygen atoms in total. The standard InChI is InChI=1S/C27H29NO2/c1-20(24-9-5-3-6-10-24)26(29)18-17-22-13-15-23(16-14-22)19-28-27(30)21(2)25-11-7-4-8-12-25/h3-16,20-21H,17-19H2,1-2H3,(H,28,30)/t20-,21-/m0/s1. The molecule has 3 aromatic rings. The zero-order valence-corrected chi connectivity index (χ0v) is 17.7. The van der Waals surface area contributed by atoms with E-state index in [0.29, 0.717) is 13.0 Å². The van der Waals surface area contributed by atoms with Crippen molar-refractivity contribution < 1.29 is 9.59 Å². The number of rotatable bonds is 9. The van der Waals surface area contributed by atoms with Gasteiger partial charge in [0.05, 0.1) is 5.92 Å². The lowest BCUT2D eigenvalue weighted by atomic mass is 9.93. The van der Waals surface area contributed by atoms with Gasteiger partial charge in [0, 0.05) is 18.9 Å². The molecule has 3 aromatic carbocycles. The molecule has 0 saturated carbocycles. The fraction of sp³-hybridized carbons (Fsp3) is 0.259. The highest BCUT2D eigenvalue weighted by molar-refractivity contribution is 5.85. The smallest absolute Gasteiger partial charge is 0.227 e. The van der Waals surface area contributed by atoms with Crippen LogP contribution in [0.15, 0.2) is 84.9 Å². The average molecular weight is 400 g/mol. The first-order valence-corrected chi connectivity index (χ1v) is 10.5. The number of ketones is 1. The third kappa shape index (κ3) is 5.90. The minimum Gasteiger partial charge on any atom is -0.352 e. The summed E-state index contributed by atoms with van der Waals surface area (Å²) in [6.07, 6.45) is 1.26. The Kier molecular flexibility index (Phi) is 7.56. The molecule has 3 rings (SSSR count). The van der Waals surface area contributed by atoms with Crippen LogP contribution in [0.1, 0.15) is 54.4 Å². The predicted molar refractivity (Wildman–Crippen MR) is 121 cm³/mol. The van der Waals surface area contributed by atoms with Crippen molar-refractivity contribution in [3.8, 4) is 0 Å². The molecule has 30 heavy (non-hydrogen) atoms. The van der Waals surface area contributed by atoms with E-state index in [4.69, 9.17) is 0 Å². The Labute approximate surface area is 179 Å². The quantitative estimate of drug-likeness (QED) is 0.523. The van der Waals surface area contributed by atoms with Gasteiger partial charge in [0.15, 0.2) is 0 Å². The molecule has 154 valence electrons. The second-order valence-electron chi connectivity index (χ2n) is 7.77. The molecule has 1 amide bonds. The molecule has 0 unspecified atom stereocenters. The summed E-state index contributed by atoms with van der Waals surface area (Å²) in [6, 6.07) is 27.8. The van der Waals surface area contributed by atoms with Crippen LogP contribution in [0.4, 0.5) is 0 Å². The van der Waals surface area contributed by atoms with Gasteiger partial charge in [-0.3, -0.25) is 9.59 Å². The highest BCUT2D eigenvalue weighted by Gasteiger charge is 2.15. The van der Waals surface area contributed by atoms with Gasteiger partial charge in [-0.15, -0.1) is 0 Å². The maximum atomic E-state index is 12.5. The number of carbonyl (C=O) groups excluding carboxylic acids is 2. The maximum absolute atomic E-state index is 12.5. The SMILES string of the molecule is C[C@H](C(=O)CCc1ccc(CNC(=O)[C@@H](C)c2ccccc2)cc1)c1ccccc1. The molecular formula is C27H29NO2. The van der Waals surface area contributed by atoms with E-state index in [0.717, 1.165) is 28.7 Å². The molecule has 2 atom stereocenters. The van der Waals surface area contributed by atoms with Crippen molar-refractivity contribution in [1.29, 1.82) is 0 Å². The summed E-state index contributed by atoms with van der Waals surface area (Å²) in [5.41, 5.74) is 4.27. The van der Waals surface area contributed by atoms with Gasteiger partial charge >= 0.3 is 0 Å². The molecule has 0 aromatic heterocycles. The summed E-state index contributed by atoms with van der Waals surface area (Å²) in [6.45, 7) is 4.39. The van der Waals surface area contributed by atoms with E-state index in [1.165, 1.54) is 0 Å². The van der Waals surface area contributed by atoms with Crippen molar-refractivity contribution >= 4 is 11.7 Å². The zero-order valence-electron chi connectivity index (χ0n) is 17.7. The number of benzene rings is 3. The number of carbonyl (C=O) groups is 2. The second kappa shape index (κ2) is 10.5. The van der Waals surface area contributed by atoms with E-state index < -0.39 is 0 Å². The molecule has 1 N–H and O–H groups in total. The van der Waals surface area contributed by atoms with Crippen molar-refractivity contribution in [3.63, 3.8) is 0 Å². The molecule has 0 heterocycles. The third-order valence-corrected chi connectivity index (χ3v) is 5.63. The monoisotopic (exact) mass is 399 g/mol.